The van der Waals surface area contributed by atoms with Crippen LogP contribution in [0.1, 0.15) is 12.8 Å². The molecule has 1 aliphatic rings. The topological polar surface area (TPSA) is 70.6 Å². The van der Waals surface area contributed by atoms with E-state index in [-0.39, 0.29) is 5.82 Å². The molecule has 1 aliphatic heterocycles. The quantitative estimate of drug-likeness (QED) is 0.601. The number of aromatic amines is 1. The van der Waals surface area contributed by atoms with E-state index in [1.54, 1.807) is 36.8 Å². The van der Waals surface area contributed by atoms with E-state index in [0.717, 1.165) is 29.8 Å². The summed E-state index contributed by atoms with van der Waals surface area (Å²) in [5.41, 5.74) is 3.16. The second-order valence-corrected chi connectivity index (χ2v) is 6.62. The molecule has 1 aromatic carbocycles. The molecule has 0 radical (unpaired) electrons. The summed E-state index contributed by atoms with van der Waals surface area (Å²) >= 11 is 0. The van der Waals surface area contributed by atoms with Crippen molar-refractivity contribution in [3.63, 3.8) is 0 Å². The third-order valence-corrected chi connectivity index (χ3v) is 4.89. The maximum atomic E-state index is 14.2. The van der Waals surface area contributed by atoms with Crippen LogP contribution in [0.5, 0.6) is 0 Å². The fraction of sp³-hybridized carbons (Fsp3) is 0.200. The van der Waals surface area contributed by atoms with Crippen LogP contribution in [0.3, 0.4) is 0 Å². The molecule has 0 unspecified atom stereocenters. The molecule has 1 fully saturated rings. The molecular weight excluding hydrogens is 343 g/mol. The molecule has 134 valence electrons. The van der Waals surface area contributed by atoms with Gasteiger partial charge in [-0.1, -0.05) is 12.1 Å². The largest absolute Gasteiger partial charge is 0.355 e. The van der Waals surface area contributed by atoms with Crippen LogP contribution < -0.4 is 4.90 Å². The molecule has 0 aliphatic carbocycles. The first-order chi connectivity index (χ1) is 13.3. The summed E-state index contributed by atoms with van der Waals surface area (Å²) in [4.78, 5) is 15.8. The minimum Gasteiger partial charge on any atom is -0.355 e. The van der Waals surface area contributed by atoms with E-state index in [1.165, 1.54) is 18.9 Å². The van der Waals surface area contributed by atoms with Gasteiger partial charge < -0.3 is 4.90 Å². The summed E-state index contributed by atoms with van der Waals surface area (Å²) in [6.45, 7) is 2.01. The Kier molecular flexibility index (Phi) is 3.78. The van der Waals surface area contributed by atoms with E-state index < -0.39 is 0 Å². The van der Waals surface area contributed by atoms with E-state index in [1.807, 2.05) is 6.07 Å². The zero-order valence-electron chi connectivity index (χ0n) is 14.6. The smallest absolute Gasteiger partial charge is 0.147 e. The van der Waals surface area contributed by atoms with Crippen molar-refractivity contribution in [2.45, 2.75) is 12.8 Å². The van der Waals surface area contributed by atoms with Gasteiger partial charge in [-0.3, -0.25) is 15.1 Å². The molecule has 5 rings (SSSR count). The molecule has 4 heterocycles. The summed E-state index contributed by atoms with van der Waals surface area (Å²) in [5.74, 6) is 0.563. The number of rotatable bonds is 3. The third-order valence-electron chi connectivity index (χ3n) is 4.89. The van der Waals surface area contributed by atoms with Crippen LogP contribution in [0.15, 0.2) is 48.9 Å². The molecule has 0 atom stereocenters. The Hall–Kier alpha value is -3.35. The first-order valence-electron chi connectivity index (χ1n) is 8.96. The number of benzene rings is 1. The Morgan fingerprint density at radius 2 is 1.85 bits per heavy atom. The van der Waals surface area contributed by atoms with E-state index in [2.05, 4.69) is 25.1 Å². The van der Waals surface area contributed by atoms with Crippen molar-refractivity contribution >= 4 is 16.7 Å². The fourth-order valence-corrected chi connectivity index (χ4v) is 3.49. The number of hydrogen-bond donors (Lipinski definition) is 1. The van der Waals surface area contributed by atoms with Crippen molar-refractivity contribution in [1.82, 2.24) is 25.1 Å². The predicted molar refractivity (Wildman–Crippen MR) is 102 cm³/mol. The van der Waals surface area contributed by atoms with Crippen LogP contribution in [-0.4, -0.2) is 38.2 Å². The summed E-state index contributed by atoms with van der Waals surface area (Å²) < 4.78 is 14.2. The van der Waals surface area contributed by atoms with Gasteiger partial charge in [-0.05, 0) is 31.0 Å². The molecule has 0 amide bonds. The number of fused-ring (bicyclic) bond motifs is 1. The molecule has 7 heteroatoms. The Morgan fingerprint density at radius 1 is 1.00 bits per heavy atom. The molecule has 4 aromatic rings. The molecule has 1 saturated heterocycles. The molecule has 6 nitrogen and oxygen atoms in total. The maximum absolute atomic E-state index is 14.2. The van der Waals surface area contributed by atoms with Gasteiger partial charge >= 0.3 is 0 Å². The molecule has 0 bridgehead atoms. The predicted octanol–water partition coefficient (Wildman–Crippen LogP) is 3.82. The number of pyridine rings is 1. The second-order valence-electron chi connectivity index (χ2n) is 6.62. The monoisotopic (exact) mass is 360 g/mol. The lowest BCUT2D eigenvalue weighted by Crippen LogP contribution is -2.19. The average molecular weight is 360 g/mol. The van der Waals surface area contributed by atoms with E-state index in [4.69, 9.17) is 4.98 Å². The van der Waals surface area contributed by atoms with Crippen LogP contribution in [-0.2, 0) is 0 Å². The normalized spacial score (nSPS) is 14.2. The van der Waals surface area contributed by atoms with Crippen LogP contribution in [0.4, 0.5) is 10.2 Å². The minimum atomic E-state index is -0.305. The Labute approximate surface area is 155 Å². The van der Waals surface area contributed by atoms with Crippen LogP contribution in [0.2, 0.25) is 0 Å². The number of aromatic nitrogens is 5. The fourth-order valence-electron chi connectivity index (χ4n) is 3.49. The average Bonchev–Trinajstić information content (AvgIpc) is 3.38. The zero-order valence-corrected chi connectivity index (χ0v) is 14.6. The van der Waals surface area contributed by atoms with Gasteiger partial charge in [0.2, 0.25) is 0 Å². The Bertz CT molecular complexity index is 1120. The second kappa shape index (κ2) is 6.42. The summed E-state index contributed by atoms with van der Waals surface area (Å²) in [7, 11) is 0. The van der Waals surface area contributed by atoms with Gasteiger partial charge in [0.05, 0.1) is 29.8 Å². The molecule has 1 N–H and O–H groups in total. The highest BCUT2D eigenvalue weighted by atomic mass is 19.1. The van der Waals surface area contributed by atoms with Gasteiger partial charge in [0.25, 0.3) is 0 Å². The summed E-state index contributed by atoms with van der Waals surface area (Å²) in [6.07, 6.45) is 7.55. The lowest BCUT2D eigenvalue weighted by Gasteiger charge is -2.16. The van der Waals surface area contributed by atoms with Gasteiger partial charge in [0.1, 0.15) is 23.0 Å². The minimum absolute atomic E-state index is 0.305. The van der Waals surface area contributed by atoms with Crippen molar-refractivity contribution in [2.24, 2.45) is 0 Å². The Balaban J connectivity index is 1.60. The van der Waals surface area contributed by atoms with E-state index in [0.29, 0.717) is 22.6 Å². The van der Waals surface area contributed by atoms with Crippen molar-refractivity contribution in [3.8, 4) is 22.6 Å². The number of hydrogen-bond acceptors (Lipinski definition) is 5. The molecule has 3 aromatic heterocycles. The molecule has 0 spiro atoms. The van der Waals surface area contributed by atoms with Crippen molar-refractivity contribution in [1.29, 1.82) is 0 Å². The molecule has 27 heavy (non-hydrogen) atoms. The highest BCUT2D eigenvalue weighted by Gasteiger charge is 2.17. The standard InChI is InChI=1S/C20H17FN6/c21-15-6-2-1-5-13(15)20-14-9-16(23-11-17(14)25-26-20)18-10-22-12-19(24-18)27-7-3-4-8-27/h1-2,5-6,9-12H,3-4,7-8H2,(H,25,26). The highest BCUT2D eigenvalue weighted by molar-refractivity contribution is 5.94. The number of nitrogens with one attached hydrogen (secondary N) is 1. The van der Waals surface area contributed by atoms with Crippen molar-refractivity contribution in [3.05, 3.63) is 54.7 Å². The van der Waals surface area contributed by atoms with Gasteiger partial charge in [-0.15, -0.1) is 0 Å². The number of halogens is 1. The van der Waals surface area contributed by atoms with Crippen LogP contribution in [0, 0.1) is 5.82 Å². The molecule has 0 saturated carbocycles. The van der Waals surface area contributed by atoms with Gasteiger partial charge in [-0.25, -0.2) is 9.37 Å². The maximum Gasteiger partial charge on any atom is 0.147 e. The number of anilines is 1. The van der Waals surface area contributed by atoms with Crippen molar-refractivity contribution in [2.75, 3.05) is 18.0 Å². The first kappa shape index (κ1) is 15.9. The lowest BCUT2D eigenvalue weighted by molar-refractivity contribution is 0.631. The van der Waals surface area contributed by atoms with Crippen LogP contribution in [0.25, 0.3) is 33.5 Å². The number of nitrogens with zero attached hydrogens (tertiary/aromatic N) is 5. The summed E-state index contributed by atoms with van der Waals surface area (Å²) in [6, 6.07) is 8.51. The molecular formula is C20H17FN6. The Morgan fingerprint density at radius 3 is 2.70 bits per heavy atom. The van der Waals surface area contributed by atoms with Crippen LogP contribution >= 0.6 is 0 Å². The zero-order chi connectivity index (χ0) is 18.2. The SMILES string of the molecule is Fc1ccccc1-c1n[nH]c2cnc(-c3cncc(N4CCCC4)n3)cc12. The third kappa shape index (κ3) is 2.81. The first-order valence-corrected chi connectivity index (χ1v) is 8.96. The van der Waals surface area contributed by atoms with Gasteiger partial charge in [0.15, 0.2) is 0 Å². The van der Waals surface area contributed by atoms with Crippen molar-refractivity contribution < 1.29 is 4.39 Å². The lowest BCUT2D eigenvalue weighted by atomic mass is 10.1. The number of H-pyrrole nitrogens is 1. The highest BCUT2D eigenvalue weighted by Crippen LogP contribution is 2.30. The van der Waals surface area contributed by atoms with Gasteiger partial charge in [-0.2, -0.15) is 5.10 Å². The summed E-state index contributed by atoms with van der Waals surface area (Å²) in [5, 5.41) is 8.02. The van der Waals surface area contributed by atoms with Gasteiger partial charge in [0, 0.05) is 24.0 Å². The van der Waals surface area contributed by atoms with E-state index >= 15 is 0 Å². The van der Waals surface area contributed by atoms with E-state index in [9.17, 15) is 4.39 Å².